The molecular formula is C32H28N3O2Pt+. The molecule has 0 bridgehead atoms. The molecule has 192 valence electrons. The predicted molar refractivity (Wildman–Crippen MR) is 142 cm³/mol. The summed E-state index contributed by atoms with van der Waals surface area (Å²) in [5.41, 5.74) is 5.59. The second-order valence-corrected chi connectivity index (χ2v) is 10.5. The Kier molecular flexibility index (Phi) is 6.52. The molecule has 0 saturated carbocycles. The average Bonchev–Trinajstić information content (AvgIpc) is 3.35. The Hall–Kier alpha value is -3.69. The molecule has 0 radical (unpaired) electrons. The summed E-state index contributed by atoms with van der Waals surface area (Å²) in [6, 6.07) is 30.3. The molecular weight excluding hydrogens is 653 g/mol. The van der Waals surface area contributed by atoms with E-state index in [-0.39, 0.29) is 37.6 Å². The van der Waals surface area contributed by atoms with Crippen LogP contribution in [0.2, 0.25) is 0 Å². The number of fused-ring (bicyclic) bond motifs is 3. The summed E-state index contributed by atoms with van der Waals surface area (Å²) in [4.78, 5) is 4.59. The van der Waals surface area contributed by atoms with Crippen molar-refractivity contribution in [3.8, 4) is 40.0 Å². The fraction of sp³-hybridized carbons (Fsp3) is 0.188. The van der Waals surface area contributed by atoms with E-state index in [4.69, 9.17) is 4.74 Å². The van der Waals surface area contributed by atoms with Crippen molar-refractivity contribution >= 4 is 0 Å². The molecule has 0 amide bonds. The van der Waals surface area contributed by atoms with Crippen LogP contribution in [0.5, 0.6) is 17.4 Å². The van der Waals surface area contributed by atoms with Gasteiger partial charge in [-0.1, -0.05) is 64.1 Å². The van der Waals surface area contributed by atoms with E-state index in [2.05, 4.69) is 80.1 Å². The van der Waals surface area contributed by atoms with Gasteiger partial charge in [0.25, 0.3) is 6.33 Å². The zero-order chi connectivity index (χ0) is 25.8. The number of para-hydroxylation sites is 2. The van der Waals surface area contributed by atoms with Crippen molar-refractivity contribution in [2.75, 3.05) is 0 Å². The van der Waals surface area contributed by atoms with E-state index < -0.39 is 0 Å². The average molecular weight is 682 g/mol. The van der Waals surface area contributed by atoms with Gasteiger partial charge in [-0.2, -0.15) is 12.1 Å². The summed E-state index contributed by atoms with van der Waals surface area (Å²) < 4.78 is 10.2. The maximum Gasteiger partial charge on any atom is 2.00 e. The van der Waals surface area contributed by atoms with E-state index >= 15 is 0 Å². The van der Waals surface area contributed by atoms with Gasteiger partial charge in [-0.25, -0.2) is 4.98 Å². The maximum absolute atomic E-state index is 10.2. The van der Waals surface area contributed by atoms with Crippen molar-refractivity contribution in [2.24, 2.45) is 0 Å². The van der Waals surface area contributed by atoms with Crippen LogP contribution in [0.3, 0.4) is 0 Å². The van der Waals surface area contributed by atoms with E-state index in [0.29, 0.717) is 22.9 Å². The number of benzene rings is 3. The van der Waals surface area contributed by atoms with Gasteiger partial charge in [0.2, 0.25) is 5.88 Å². The second-order valence-electron chi connectivity index (χ2n) is 10.5. The van der Waals surface area contributed by atoms with E-state index in [1.165, 1.54) is 11.3 Å². The smallest absolute Gasteiger partial charge is 0.507 e. The van der Waals surface area contributed by atoms with Crippen molar-refractivity contribution in [3.05, 3.63) is 115 Å². The zero-order valence-electron chi connectivity index (χ0n) is 21.7. The summed E-state index contributed by atoms with van der Waals surface area (Å²) in [5, 5.41) is 10.2. The standard InChI is InChI=1S/C32H28N3O2.Pt/c1-31(2)25-14-6-7-16-27(25)35-21-34(20-29(35)32(31,3)4)22-11-9-12-23(19-22)37-30-18-10-15-26(33-30)24-13-5-8-17-28(24)36;/h5-18,20,36H,1-4H3;/q-1;+2. The molecule has 3 aromatic carbocycles. The number of hydrogen-bond donors (Lipinski definition) is 1. The number of aromatic hydroxyl groups is 1. The molecule has 0 aliphatic carbocycles. The van der Waals surface area contributed by atoms with Gasteiger partial charge in [0, 0.05) is 29.0 Å². The first kappa shape index (κ1) is 25.9. The fourth-order valence-corrected chi connectivity index (χ4v) is 5.03. The third-order valence-corrected chi connectivity index (χ3v) is 7.85. The van der Waals surface area contributed by atoms with Crippen LogP contribution < -0.4 is 9.30 Å². The number of hydrogen-bond acceptors (Lipinski definition) is 3. The molecule has 3 heterocycles. The predicted octanol–water partition coefficient (Wildman–Crippen LogP) is 6.48. The largest absolute Gasteiger partial charge is 2.00 e. The molecule has 2 aromatic heterocycles. The molecule has 0 spiro atoms. The van der Waals surface area contributed by atoms with E-state index in [9.17, 15) is 5.11 Å². The number of phenolic OH excluding ortho intramolecular Hbond substituents is 1. The molecule has 6 heteroatoms. The van der Waals surface area contributed by atoms with Crippen molar-refractivity contribution < 1.29 is 35.5 Å². The number of aromatic nitrogens is 3. The minimum Gasteiger partial charge on any atom is -0.507 e. The monoisotopic (exact) mass is 681 g/mol. The van der Waals surface area contributed by atoms with Crippen LogP contribution >= 0.6 is 0 Å². The van der Waals surface area contributed by atoms with E-state index in [1.807, 2.05) is 47.0 Å². The number of imidazole rings is 1. The number of ether oxygens (including phenoxy) is 1. The van der Waals surface area contributed by atoms with Gasteiger partial charge in [-0.15, -0.1) is 12.1 Å². The van der Waals surface area contributed by atoms with E-state index in [1.54, 1.807) is 18.2 Å². The molecule has 0 atom stereocenters. The van der Waals surface area contributed by atoms with Crippen LogP contribution in [0.15, 0.2) is 91.1 Å². The van der Waals surface area contributed by atoms with Gasteiger partial charge in [-0.05, 0) is 40.9 Å². The van der Waals surface area contributed by atoms with Gasteiger partial charge in [0.15, 0.2) is 0 Å². The SMILES string of the molecule is CC1(C)c2ccccc2-[n+]2[c-]n(-c3[c-]c(Oc4cccc(-c5ccccc5O)n4)ccc3)cc2C1(C)C.[Pt+2]. The normalized spacial score (nSPS) is 14.6. The minimum absolute atomic E-state index is 0. The minimum atomic E-state index is -0.120. The van der Waals surface area contributed by atoms with Crippen LogP contribution in [-0.4, -0.2) is 14.7 Å². The van der Waals surface area contributed by atoms with Crippen LogP contribution in [0.4, 0.5) is 0 Å². The first-order valence-electron chi connectivity index (χ1n) is 12.4. The molecule has 0 saturated heterocycles. The first-order valence-corrected chi connectivity index (χ1v) is 12.4. The second kappa shape index (κ2) is 9.56. The van der Waals surface area contributed by atoms with Gasteiger partial charge < -0.3 is 14.4 Å². The summed E-state index contributed by atoms with van der Waals surface area (Å²) in [5.74, 6) is 1.15. The Morgan fingerprint density at radius 1 is 0.842 bits per heavy atom. The van der Waals surface area contributed by atoms with E-state index in [0.717, 1.165) is 11.4 Å². The number of rotatable bonds is 4. The van der Waals surface area contributed by atoms with Gasteiger partial charge in [0.05, 0.1) is 17.1 Å². The van der Waals surface area contributed by atoms with Gasteiger partial charge in [0.1, 0.15) is 5.75 Å². The topological polar surface area (TPSA) is 51.2 Å². The Balaban J connectivity index is 0.00000294. The molecule has 1 N–H and O–H groups in total. The Bertz CT molecular complexity index is 1640. The third kappa shape index (κ3) is 4.15. The Labute approximate surface area is 237 Å². The van der Waals surface area contributed by atoms with Crippen molar-refractivity contribution in [3.63, 3.8) is 0 Å². The third-order valence-electron chi connectivity index (χ3n) is 7.85. The molecule has 5 nitrogen and oxygen atoms in total. The molecule has 38 heavy (non-hydrogen) atoms. The molecule has 5 aromatic rings. The Morgan fingerprint density at radius 3 is 2.39 bits per heavy atom. The Morgan fingerprint density at radius 2 is 1.58 bits per heavy atom. The molecule has 1 aliphatic heterocycles. The molecule has 0 fully saturated rings. The maximum atomic E-state index is 10.2. The van der Waals surface area contributed by atoms with Gasteiger partial charge in [-0.3, -0.25) is 4.57 Å². The zero-order valence-corrected chi connectivity index (χ0v) is 23.9. The summed E-state index contributed by atoms with van der Waals surface area (Å²) in [6.07, 6.45) is 5.67. The molecule has 0 unspecified atom stereocenters. The summed E-state index contributed by atoms with van der Waals surface area (Å²) >= 11 is 0. The van der Waals surface area contributed by atoms with Crippen molar-refractivity contribution in [1.29, 1.82) is 0 Å². The fourth-order valence-electron chi connectivity index (χ4n) is 5.03. The van der Waals surface area contributed by atoms with Crippen LogP contribution in [0, 0.1) is 12.4 Å². The number of pyridine rings is 1. The van der Waals surface area contributed by atoms with Gasteiger partial charge >= 0.3 is 21.1 Å². The van der Waals surface area contributed by atoms with Crippen molar-refractivity contribution in [1.82, 2.24) is 9.55 Å². The quantitative estimate of drug-likeness (QED) is 0.175. The van der Waals surface area contributed by atoms with Crippen LogP contribution in [0.25, 0.3) is 22.6 Å². The van der Waals surface area contributed by atoms with Crippen LogP contribution in [0.1, 0.15) is 39.0 Å². The van der Waals surface area contributed by atoms with Crippen LogP contribution in [-0.2, 0) is 31.9 Å². The number of phenols is 1. The summed E-state index contributed by atoms with van der Waals surface area (Å²) in [7, 11) is 0. The summed E-state index contributed by atoms with van der Waals surface area (Å²) in [6.45, 7) is 9.20. The first-order chi connectivity index (χ1) is 17.8. The molecule has 6 rings (SSSR count). The van der Waals surface area contributed by atoms with Crippen molar-refractivity contribution in [2.45, 2.75) is 38.5 Å². The number of nitrogens with zero attached hydrogens (tertiary/aromatic N) is 3. The molecule has 1 aliphatic rings.